The van der Waals surface area contributed by atoms with Gasteiger partial charge in [0, 0.05) is 51.9 Å². The predicted octanol–water partition coefficient (Wildman–Crippen LogP) is 5.59. The van der Waals surface area contributed by atoms with Gasteiger partial charge in [-0.15, -0.1) is 34.0 Å². The summed E-state index contributed by atoms with van der Waals surface area (Å²) >= 11 is 10.0. The first kappa shape index (κ1) is 26.9. The van der Waals surface area contributed by atoms with Gasteiger partial charge < -0.3 is 5.32 Å². The second-order valence-corrected chi connectivity index (χ2v) is 12.0. The van der Waals surface area contributed by atoms with E-state index in [2.05, 4.69) is 25.4 Å². The number of Topliss-reactive ketones (excluding diaryl/α,β-unsaturated/α-hetero) is 1. The standard InChI is InChI=1S/C27H18ClN7O3S3/c28-23-4-3-18(41-23)12-31-24-10-19(33-35(24)27(38)20-14-39-15-32-20)21-8-17(16-2-1-5-29-11-16)9-25(37)34(21)13-22(36)26-30-6-7-40-26/h1-11,14-15,31H,12-13H2. The number of hydrogen-bond donors (Lipinski definition) is 1. The molecule has 0 amide bonds. The molecule has 0 radical (unpaired) electrons. The molecule has 1 N–H and O–H groups in total. The molecule has 204 valence electrons. The highest BCUT2D eigenvalue weighted by atomic mass is 35.5. The van der Waals surface area contributed by atoms with E-state index in [1.165, 1.54) is 55.5 Å². The Hall–Kier alpha value is -4.30. The molecule has 6 aromatic rings. The number of aromatic nitrogens is 6. The van der Waals surface area contributed by atoms with Gasteiger partial charge in [-0.3, -0.25) is 23.9 Å². The topological polar surface area (TPSA) is 125 Å². The van der Waals surface area contributed by atoms with E-state index in [-0.39, 0.29) is 18.0 Å². The maximum Gasteiger partial charge on any atom is 0.299 e. The summed E-state index contributed by atoms with van der Waals surface area (Å²) in [5.74, 6) is -0.372. The highest BCUT2D eigenvalue weighted by Gasteiger charge is 2.22. The van der Waals surface area contributed by atoms with Crippen LogP contribution in [0, 0.1) is 0 Å². The summed E-state index contributed by atoms with van der Waals surface area (Å²) in [6, 6.07) is 12.2. The second-order valence-electron chi connectivity index (χ2n) is 8.62. The first-order valence-electron chi connectivity index (χ1n) is 12.1. The van der Waals surface area contributed by atoms with Gasteiger partial charge in [-0.25, -0.2) is 9.97 Å². The van der Waals surface area contributed by atoms with Crippen LogP contribution in [0.15, 0.2) is 82.1 Å². The smallest absolute Gasteiger partial charge is 0.299 e. The molecule has 0 saturated heterocycles. The fraction of sp³-hybridized carbons (Fsp3) is 0.0741. The molecular weight excluding hydrogens is 602 g/mol. The fourth-order valence-corrected chi connectivity index (χ4v) is 6.20. The van der Waals surface area contributed by atoms with Gasteiger partial charge in [-0.2, -0.15) is 9.78 Å². The lowest BCUT2D eigenvalue weighted by atomic mass is 10.1. The zero-order valence-electron chi connectivity index (χ0n) is 20.9. The quantitative estimate of drug-likeness (QED) is 0.208. The molecule has 0 atom stereocenters. The molecule has 6 aromatic heterocycles. The highest BCUT2D eigenvalue weighted by Crippen LogP contribution is 2.28. The van der Waals surface area contributed by atoms with Crippen molar-refractivity contribution in [1.29, 1.82) is 0 Å². The number of nitrogens with zero attached hydrogens (tertiary/aromatic N) is 6. The summed E-state index contributed by atoms with van der Waals surface area (Å²) in [6.07, 6.45) is 4.83. The maximum absolute atomic E-state index is 13.5. The van der Waals surface area contributed by atoms with Crippen LogP contribution in [-0.4, -0.2) is 41.0 Å². The van der Waals surface area contributed by atoms with E-state index in [1.54, 1.807) is 52.9 Å². The van der Waals surface area contributed by atoms with Gasteiger partial charge in [-0.05, 0) is 29.8 Å². The summed E-state index contributed by atoms with van der Waals surface area (Å²) in [5, 5.41) is 11.5. The van der Waals surface area contributed by atoms with Gasteiger partial charge in [0.15, 0.2) is 5.01 Å². The van der Waals surface area contributed by atoms with Crippen molar-refractivity contribution < 1.29 is 9.59 Å². The van der Waals surface area contributed by atoms with Gasteiger partial charge in [0.25, 0.3) is 11.5 Å². The minimum atomic E-state index is -0.444. The molecule has 6 rings (SSSR count). The summed E-state index contributed by atoms with van der Waals surface area (Å²) in [6.45, 7) is 0.135. The number of carbonyl (C=O) groups is 2. The van der Waals surface area contributed by atoms with Gasteiger partial charge >= 0.3 is 0 Å². The van der Waals surface area contributed by atoms with E-state index in [0.717, 1.165) is 10.4 Å². The molecular formula is C27H18ClN7O3S3. The number of thiophene rings is 1. The Morgan fingerprint density at radius 3 is 2.66 bits per heavy atom. The highest BCUT2D eigenvalue weighted by molar-refractivity contribution is 7.16. The van der Waals surface area contributed by atoms with Gasteiger partial charge in [-0.1, -0.05) is 17.7 Å². The minimum absolute atomic E-state index is 0.229. The summed E-state index contributed by atoms with van der Waals surface area (Å²) in [4.78, 5) is 53.3. The predicted molar refractivity (Wildman–Crippen MR) is 160 cm³/mol. The number of rotatable bonds is 9. The summed E-state index contributed by atoms with van der Waals surface area (Å²) in [7, 11) is 0. The first-order valence-corrected chi connectivity index (χ1v) is 15.1. The fourth-order valence-electron chi connectivity index (χ4n) is 4.08. The number of carbonyl (C=O) groups excluding carboxylic acids is 2. The number of anilines is 1. The Balaban J connectivity index is 1.47. The van der Waals surface area contributed by atoms with Crippen LogP contribution in [-0.2, 0) is 13.1 Å². The van der Waals surface area contributed by atoms with Crippen molar-refractivity contribution in [2.45, 2.75) is 13.1 Å². The van der Waals surface area contributed by atoms with Crippen molar-refractivity contribution in [2.75, 3.05) is 5.32 Å². The monoisotopic (exact) mass is 619 g/mol. The lowest BCUT2D eigenvalue weighted by molar-refractivity contribution is 0.0941. The van der Waals surface area contributed by atoms with Crippen molar-refractivity contribution in [1.82, 2.24) is 29.3 Å². The molecule has 0 spiro atoms. The number of thiazole rings is 2. The average Bonchev–Trinajstić information content (AvgIpc) is 3.80. The zero-order valence-corrected chi connectivity index (χ0v) is 24.1. The minimum Gasteiger partial charge on any atom is -0.365 e. The molecule has 0 aliphatic carbocycles. The largest absolute Gasteiger partial charge is 0.365 e. The van der Waals surface area contributed by atoms with E-state index < -0.39 is 11.5 Å². The number of pyridine rings is 2. The van der Waals surface area contributed by atoms with Crippen LogP contribution in [0.2, 0.25) is 4.34 Å². The van der Waals surface area contributed by atoms with Crippen molar-refractivity contribution in [2.24, 2.45) is 0 Å². The Bertz CT molecular complexity index is 1900. The third-order valence-electron chi connectivity index (χ3n) is 5.98. The third kappa shape index (κ3) is 5.79. The van der Waals surface area contributed by atoms with Crippen LogP contribution < -0.4 is 10.9 Å². The van der Waals surface area contributed by atoms with Crippen LogP contribution in [0.5, 0.6) is 0 Å². The average molecular weight is 620 g/mol. The number of halogens is 1. The second kappa shape index (κ2) is 11.7. The van der Waals surface area contributed by atoms with Crippen LogP contribution >= 0.6 is 45.6 Å². The Morgan fingerprint density at radius 1 is 1.05 bits per heavy atom. The molecule has 41 heavy (non-hydrogen) atoms. The van der Waals surface area contributed by atoms with E-state index in [9.17, 15) is 14.4 Å². The Kier molecular flexibility index (Phi) is 7.65. The van der Waals surface area contributed by atoms with Crippen LogP contribution in [0.1, 0.15) is 25.2 Å². The summed E-state index contributed by atoms with van der Waals surface area (Å²) < 4.78 is 3.20. The molecule has 0 fully saturated rings. The third-order valence-corrected chi connectivity index (χ3v) is 8.62. The van der Waals surface area contributed by atoms with E-state index >= 15 is 0 Å². The molecule has 0 saturated carbocycles. The number of nitrogens with one attached hydrogen (secondary N) is 1. The molecule has 0 aromatic carbocycles. The lowest BCUT2D eigenvalue weighted by Gasteiger charge is -2.12. The molecule has 0 aliphatic rings. The Labute approximate surface area is 249 Å². The molecule has 0 aliphatic heterocycles. The lowest BCUT2D eigenvalue weighted by Crippen LogP contribution is -2.25. The zero-order chi connectivity index (χ0) is 28.3. The van der Waals surface area contributed by atoms with E-state index in [0.29, 0.717) is 38.7 Å². The van der Waals surface area contributed by atoms with Crippen LogP contribution in [0.4, 0.5) is 5.82 Å². The van der Waals surface area contributed by atoms with Crippen molar-refractivity contribution >= 4 is 63.1 Å². The SMILES string of the molecule is O=C(Cn1c(-c2cc(NCc3ccc(Cl)s3)n(C(=O)c3cscn3)n2)cc(-c2cccnc2)cc1=O)c1nccs1. The summed E-state index contributed by atoms with van der Waals surface area (Å²) in [5.41, 5.74) is 3.37. The molecule has 0 unspecified atom stereocenters. The van der Waals surface area contributed by atoms with Crippen molar-refractivity contribution in [3.05, 3.63) is 108 Å². The van der Waals surface area contributed by atoms with Crippen LogP contribution in [0.3, 0.4) is 0 Å². The maximum atomic E-state index is 13.5. The van der Waals surface area contributed by atoms with Crippen molar-refractivity contribution in [3.63, 3.8) is 0 Å². The van der Waals surface area contributed by atoms with Gasteiger partial charge in [0.05, 0.1) is 28.6 Å². The van der Waals surface area contributed by atoms with Crippen molar-refractivity contribution in [3.8, 4) is 22.5 Å². The molecule has 14 heteroatoms. The van der Waals surface area contributed by atoms with Gasteiger partial charge in [0.2, 0.25) is 5.78 Å². The molecule has 6 heterocycles. The molecule has 0 bridgehead atoms. The first-order chi connectivity index (χ1) is 20.0. The number of hydrogen-bond acceptors (Lipinski definition) is 11. The van der Waals surface area contributed by atoms with Gasteiger partial charge in [0.1, 0.15) is 17.2 Å². The van der Waals surface area contributed by atoms with Crippen LogP contribution in [0.25, 0.3) is 22.5 Å². The molecule has 10 nitrogen and oxygen atoms in total. The van der Waals surface area contributed by atoms with E-state index in [1.807, 2.05) is 12.1 Å². The van der Waals surface area contributed by atoms with E-state index in [4.69, 9.17) is 11.6 Å². The number of ketones is 1. The normalized spacial score (nSPS) is 11.0. The Morgan fingerprint density at radius 2 is 1.95 bits per heavy atom.